The summed E-state index contributed by atoms with van der Waals surface area (Å²) in [6, 6.07) is 58.6. The van der Waals surface area contributed by atoms with Gasteiger partial charge in [0, 0.05) is 17.2 Å². The van der Waals surface area contributed by atoms with Gasteiger partial charge in [-0.2, -0.15) is 4.31 Å². The minimum atomic E-state index is -4.29. The fourth-order valence-corrected chi connectivity index (χ4v) is 19.8. The maximum absolute atomic E-state index is 15.6. The molecular weight excluding hydrogens is 1070 g/mol. The van der Waals surface area contributed by atoms with Crippen LogP contribution in [0.3, 0.4) is 0 Å². The SMILES string of the molecule is COc1cc(CO[Si](C(C)C)(C(C)C)C(C)C)cc2c(-c3c(OCc4ccccc4)cc(OCc4ccccc4)c4c3C[C@@H](COC(=O)c3ccc5ccccc5c3)N(S(=O)(=O)c3ccc(C)cc3)[C@@H]4C)ccc(OCc3ccccc3)c12. The zero-order valence-corrected chi connectivity index (χ0v) is 50.9. The number of fused-ring (bicyclic) bond motifs is 3. The smallest absolute Gasteiger partial charge is 0.338 e. The van der Waals surface area contributed by atoms with Gasteiger partial charge in [0.25, 0.3) is 0 Å². The normalized spacial score (nSPS) is 14.7. The first-order valence-electron chi connectivity index (χ1n) is 28.8. The Labute approximate surface area is 491 Å². The number of benzene rings is 9. The molecule has 1 heterocycles. The van der Waals surface area contributed by atoms with Crippen molar-refractivity contribution in [1.29, 1.82) is 0 Å². The predicted octanol–water partition coefficient (Wildman–Crippen LogP) is 16.9. The average Bonchev–Trinajstić information content (AvgIpc) is 2.05. The molecule has 83 heavy (non-hydrogen) atoms. The van der Waals surface area contributed by atoms with Crippen LogP contribution in [0.4, 0.5) is 0 Å². The third kappa shape index (κ3) is 12.3. The summed E-state index contributed by atoms with van der Waals surface area (Å²) in [5.74, 6) is 1.66. The maximum Gasteiger partial charge on any atom is 0.338 e. The molecule has 1 aliphatic heterocycles. The van der Waals surface area contributed by atoms with E-state index in [1.807, 2.05) is 153 Å². The Hall–Kier alpha value is -7.74. The second-order valence-electron chi connectivity index (χ2n) is 22.7. The van der Waals surface area contributed by atoms with Gasteiger partial charge in [0.2, 0.25) is 18.3 Å². The molecule has 0 N–H and O–H groups in total. The fourth-order valence-electron chi connectivity index (χ4n) is 12.6. The highest BCUT2D eigenvalue weighted by Gasteiger charge is 2.46. The molecule has 0 unspecified atom stereocenters. The minimum Gasteiger partial charge on any atom is -0.496 e. The van der Waals surface area contributed by atoms with Crippen molar-refractivity contribution in [3.05, 3.63) is 233 Å². The van der Waals surface area contributed by atoms with Gasteiger partial charge < -0.3 is 28.1 Å². The van der Waals surface area contributed by atoms with Gasteiger partial charge in [-0.1, -0.05) is 181 Å². The van der Waals surface area contributed by atoms with Crippen LogP contribution >= 0.6 is 0 Å². The second-order valence-corrected chi connectivity index (χ2v) is 30.0. The molecule has 0 fully saturated rings. The number of rotatable bonds is 22. The summed E-state index contributed by atoms with van der Waals surface area (Å²) in [7, 11) is -4.96. The van der Waals surface area contributed by atoms with Gasteiger partial charge in [-0.25, -0.2) is 13.2 Å². The monoisotopic (exact) mass is 1150 g/mol. The molecule has 0 amide bonds. The van der Waals surface area contributed by atoms with Crippen LogP contribution in [0.15, 0.2) is 193 Å². The number of aryl methyl sites for hydroxylation is 1. The van der Waals surface area contributed by atoms with E-state index in [1.165, 1.54) is 4.31 Å². The van der Waals surface area contributed by atoms with E-state index in [4.69, 9.17) is 28.1 Å². The molecule has 12 heteroatoms. The van der Waals surface area contributed by atoms with Crippen molar-refractivity contribution in [3.63, 3.8) is 0 Å². The lowest BCUT2D eigenvalue weighted by atomic mass is 9.82. The summed E-state index contributed by atoms with van der Waals surface area (Å²) in [5, 5.41) is 3.45. The summed E-state index contributed by atoms with van der Waals surface area (Å²) in [6.07, 6.45) is 0.105. The quantitative estimate of drug-likeness (QED) is 0.0484. The first-order chi connectivity index (χ1) is 40.1. The Morgan fingerprint density at radius 2 is 1.13 bits per heavy atom. The van der Waals surface area contributed by atoms with Crippen molar-refractivity contribution in [2.24, 2.45) is 0 Å². The molecule has 0 aliphatic carbocycles. The molecule has 9 aromatic carbocycles. The van der Waals surface area contributed by atoms with E-state index < -0.39 is 36.4 Å². The van der Waals surface area contributed by atoms with Gasteiger partial charge in [0.05, 0.1) is 41.6 Å². The zero-order valence-electron chi connectivity index (χ0n) is 49.1. The highest BCUT2D eigenvalue weighted by Crippen LogP contribution is 2.53. The van der Waals surface area contributed by atoms with Crippen LogP contribution in [-0.2, 0) is 52.0 Å². The Kier molecular flexibility index (Phi) is 17.9. The predicted molar refractivity (Wildman–Crippen MR) is 334 cm³/mol. The summed E-state index contributed by atoms with van der Waals surface area (Å²) in [6.45, 7) is 18.4. The van der Waals surface area contributed by atoms with Gasteiger partial charge in [-0.15, -0.1) is 0 Å². The number of methoxy groups -OCH3 is 1. The van der Waals surface area contributed by atoms with E-state index in [0.717, 1.165) is 66.1 Å². The first-order valence-corrected chi connectivity index (χ1v) is 32.4. The number of hydrogen-bond donors (Lipinski definition) is 0. The van der Waals surface area contributed by atoms with Gasteiger partial charge in [0.15, 0.2) is 0 Å². The Morgan fingerprint density at radius 3 is 1.71 bits per heavy atom. The van der Waals surface area contributed by atoms with Crippen molar-refractivity contribution >= 4 is 45.9 Å². The van der Waals surface area contributed by atoms with Gasteiger partial charge in [0.1, 0.15) is 49.4 Å². The minimum absolute atomic E-state index is 0.105. The molecule has 0 saturated carbocycles. The number of carbonyl (C=O) groups excluding carboxylic acids is 1. The van der Waals surface area contributed by atoms with E-state index >= 15 is 8.42 Å². The lowest BCUT2D eigenvalue weighted by Gasteiger charge is -2.42. The van der Waals surface area contributed by atoms with Crippen LogP contribution in [0, 0.1) is 6.92 Å². The molecule has 428 valence electrons. The zero-order chi connectivity index (χ0) is 58.4. The van der Waals surface area contributed by atoms with Crippen LogP contribution < -0.4 is 18.9 Å². The van der Waals surface area contributed by atoms with E-state index in [-0.39, 0.29) is 31.1 Å². The van der Waals surface area contributed by atoms with E-state index in [1.54, 1.807) is 37.4 Å². The molecule has 9 aromatic rings. The number of ether oxygens (including phenoxy) is 5. The van der Waals surface area contributed by atoms with Gasteiger partial charge >= 0.3 is 5.97 Å². The van der Waals surface area contributed by atoms with E-state index in [9.17, 15) is 4.79 Å². The summed E-state index contributed by atoms with van der Waals surface area (Å²) in [4.78, 5) is 14.5. The Bertz CT molecular complexity index is 3810. The summed E-state index contributed by atoms with van der Waals surface area (Å²) >= 11 is 0. The molecule has 0 radical (unpaired) electrons. The van der Waals surface area contributed by atoms with Crippen molar-refractivity contribution < 1.29 is 41.3 Å². The first kappa shape index (κ1) is 58.5. The highest BCUT2D eigenvalue weighted by atomic mass is 32.2. The lowest BCUT2D eigenvalue weighted by molar-refractivity contribution is 0.0386. The number of carbonyl (C=O) groups is 1. The summed E-state index contributed by atoms with van der Waals surface area (Å²) < 4.78 is 73.7. The number of nitrogens with zero attached hydrogens (tertiary/aromatic N) is 1. The van der Waals surface area contributed by atoms with E-state index in [0.29, 0.717) is 64.0 Å². The van der Waals surface area contributed by atoms with Crippen LogP contribution in [0.1, 0.15) is 104 Å². The highest BCUT2D eigenvalue weighted by molar-refractivity contribution is 7.89. The van der Waals surface area contributed by atoms with Crippen molar-refractivity contribution in [2.45, 2.75) is 122 Å². The maximum atomic E-state index is 15.6. The Balaban J connectivity index is 1.22. The third-order valence-corrected chi connectivity index (χ3v) is 24.6. The fraction of sp³-hybridized carbons (Fsp3) is 0.282. The van der Waals surface area contributed by atoms with E-state index in [2.05, 4.69) is 59.7 Å². The molecule has 2 atom stereocenters. The number of sulfonamides is 1. The second kappa shape index (κ2) is 25.4. The third-order valence-electron chi connectivity index (χ3n) is 16.5. The van der Waals surface area contributed by atoms with Crippen molar-refractivity contribution in [1.82, 2.24) is 4.31 Å². The molecule has 0 aromatic heterocycles. The number of esters is 1. The van der Waals surface area contributed by atoms with Gasteiger partial charge in [-0.3, -0.25) is 0 Å². The summed E-state index contributed by atoms with van der Waals surface area (Å²) in [5.41, 5.74) is 9.17. The molecular formula is C71H75NO9SSi. The largest absolute Gasteiger partial charge is 0.496 e. The average molecular weight is 1150 g/mol. The van der Waals surface area contributed by atoms with Crippen LogP contribution in [0.25, 0.3) is 32.7 Å². The number of hydrogen-bond acceptors (Lipinski definition) is 9. The Morgan fingerprint density at radius 1 is 0.578 bits per heavy atom. The topological polar surface area (TPSA) is 110 Å². The van der Waals surface area contributed by atoms with Crippen LogP contribution in [0.5, 0.6) is 23.0 Å². The molecule has 10 nitrogen and oxygen atoms in total. The van der Waals surface area contributed by atoms with Crippen LogP contribution in [0.2, 0.25) is 16.6 Å². The van der Waals surface area contributed by atoms with Crippen molar-refractivity contribution in [2.75, 3.05) is 13.7 Å². The standard InChI is InChI=1S/C71H75NO9SSi/c1-47(2)83(48(3)4,49(5)6)81-45-55-37-62-61(35-36-64(70(62)65(38-55)76-9)77-42-52-21-13-10-14-22-52)69-63-40-59(46-80-71(73)58-32-31-56-27-19-20-28-57(56)39-58)72(82(74,75)60-33-29-50(7)30-34-60)51(8)68(63)66(78-43-53-23-15-11-16-24-53)41-67(69)79-44-54-25-17-12-18-26-54/h10-39,41,47-49,51,59H,40,42-46H2,1-9H3/t51-,59+/m1/s1. The molecule has 0 saturated heterocycles. The van der Waals surface area contributed by atoms with Gasteiger partial charge in [-0.05, 0) is 135 Å². The molecule has 1 aliphatic rings. The molecule has 0 spiro atoms. The molecule has 10 rings (SSSR count). The van der Waals surface area contributed by atoms with Crippen LogP contribution in [-0.4, -0.2) is 46.8 Å². The lowest BCUT2D eigenvalue weighted by Crippen LogP contribution is -2.49. The molecule has 0 bridgehead atoms. The van der Waals surface area contributed by atoms with Crippen molar-refractivity contribution in [3.8, 4) is 34.1 Å².